The lowest BCUT2D eigenvalue weighted by Crippen LogP contribution is -1.97. The molecule has 0 aliphatic heterocycles. The molecule has 1 rings (SSSR count). The first-order valence-electron chi connectivity index (χ1n) is 3.71. The van der Waals surface area contributed by atoms with Crippen molar-refractivity contribution in [2.24, 2.45) is 0 Å². The van der Waals surface area contributed by atoms with Gasteiger partial charge in [0.2, 0.25) is 0 Å². The molecule has 1 aromatic rings. The minimum Gasteiger partial charge on any atom is -0.492 e. The maximum Gasteiger partial charge on any atom is 0.177 e. The number of rotatable bonds is 2. The molecule has 1 aromatic carbocycles. The minimum absolute atomic E-state index is 0.275. The molecular weight excluding hydrogens is 157 g/mol. The fourth-order valence-electron chi connectivity index (χ4n) is 1.05. The SMILES string of the molecule is CNc1ccc(C)c(F)c1OC. The zero-order valence-corrected chi connectivity index (χ0v) is 7.44. The maximum atomic E-state index is 13.3. The van der Waals surface area contributed by atoms with Crippen LogP contribution in [0.1, 0.15) is 5.56 Å². The topological polar surface area (TPSA) is 21.3 Å². The Bertz CT molecular complexity index is 286. The average Bonchev–Trinajstić information content (AvgIpc) is 2.09. The molecule has 0 heterocycles. The van der Waals surface area contributed by atoms with Gasteiger partial charge in [0.1, 0.15) is 0 Å². The van der Waals surface area contributed by atoms with Crippen LogP contribution >= 0.6 is 0 Å². The summed E-state index contributed by atoms with van der Waals surface area (Å²) in [6.07, 6.45) is 0. The third kappa shape index (κ3) is 1.35. The Labute approximate surface area is 71.4 Å². The summed E-state index contributed by atoms with van der Waals surface area (Å²) >= 11 is 0. The summed E-state index contributed by atoms with van der Waals surface area (Å²) in [5.74, 6) is -0.0261. The fourth-order valence-corrected chi connectivity index (χ4v) is 1.05. The number of methoxy groups -OCH3 is 1. The van der Waals surface area contributed by atoms with E-state index in [1.165, 1.54) is 7.11 Å². The lowest BCUT2D eigenvalue weighted by molar-refractivity contribution is 0.387. The number of ether oxygens (including phenoxy) is 1. The Morgan fingerprint density at radius 1 is 1.42 bits per heavy atom. The van der Waals surface area contributed by atoms with Crippen LogP contribution in [-0.2, 0) is 0 Å². The van der Waals surface area contributed by atoms with Gasteiger partial charge in [0, 0.05) is 7.05 Å². The highest BCUT2D eigenvalue weighted by Crippen LogP contribution is 2.28. The molecule has 12 heavy (non-hydrogen) atoms. The summed E-state index contributed by atoms with van der Waals surface area (Å²) in [5, 5.41) is 2.85. The van der Waals surface area contributed by atoms with E-state index in [1.54, 1.807) is 26.1 Å². The summed E-state index contributed by atoms with van der Waals surface area (Å²) < 4.78 is 18.2. The van der Waals surface area contributed by atoms with Gasteiger partial charge in [-0.05, 0) is 18.6 Å². The predicted octanol–water partition coefficient (Wildman–Crippen LogP) is 2.18. The molecule has 0 atom stereocenters. The van der Waals surface area contributed by atoms with Crippen LogP contribution in [0.5, 0.6) is 5.75 Å². The van der Waals surface area contributed by atoms with E-state index in [0.717, 1.165) is 0 Å². The van der Waals surface area contributed by atoms with Gasteiger partial charge < -0.3 is 10.1 Å². The standard InChI is InChI=1S/C9H12FNO/c1-6-4-5-7(11-2)9(12-3)8(6)10/h4-5,11H,1-3H3. The molecule has 0 radical (unpaired) electrons. The molecule has 0 spiro atoms. The number of anilines is 1. The lowest BCUT2D eigenvalue weighted by atomic mass is 10.2. The Hall–Kier alpha value is -1.25. The van der Waals surface area contributed by atoms with Crippen LogP contribution < -0.4 is 10.1 Å². The van der Waals surface area contributed by atoms with Crippen molar-refractivity contribution in [1.29, 1.82) is 0 Å². The van der Waals surface area contributed by atoms with Gasteiger partial charge in [-0.15, -0.1) is 0 Å². The summed E-state index contributed by atoms with van der Waals surface area (Å²) in [6, 6.07) is 3.50. The van der Waals surface area contributed by atoms with Crippen LogP contribution in [0, 0.1) is 12.7 Å². The van der Waals surface area contributed by atoms with Crippen LogP contribution in [-0.4, -0.2) is 14.2 Å². The van der Waals surface area contributed by atoms with Crippen molar-refractivity contribution in [3.05, 3.63) is 23.5 Å². The number of hydrogen-bond donors (Lipinski definition) is 1. The van der Waals surface area contributed by atoms with Gasteiger partial charge in [0.25, 0.3) is 0 Å². The van der Waals surface area contributed by atoms with Gasteiger partial charge in [-0.25, -0.2) is 4.39 Å². The van der Waals surface area contributed by atoms with Crippen LogP contribution in [0.25, 0.3) is 0 Å². The van der Waals surface area contributed by atoms with E-state index in [2.05, 4.69) is 5.32 Å². The molecular formula is C9H12FNO. The van der Waals surface area contributed by atoms with Gasteiger partial charge in [-0.1, -0.05) is 6.07 Å². The molecule has 1 N–H and O–H groups in total. The molecule has 0 unspecified atom stereocenters. The van der Waals surface area contributed by atoms with Gasteiger partial charge in [-0.3, -0.25) is 0 Å². The van der Waals surface area contributed by atoms with Crippen molar-refractivity contribution < 1.29 is 9.13 Å². The summed E-state index contributed by atoms with van der Waals surface area (Å²) in [5.41, 5.74) is 1.26. The normalized spacial score (nSPS) is 9.67. The molecule has 3 heteroatoms. The Morgan fingerprint density at radius 3 is 2.58 bits per heavy atom. The third-order valence-corrected chi connectivity index (χ3v) is 1.76. The molecule has 0 saturated heterocycles. The van der Waals surface area contributed by atoms with E-state index in [4.69, 9.17) is 4.74 Å². The smallest absolute Gasteiger partial charge is 0.177 e. The van der Waals surface area contributed by atoms with Crippen LogP contribution in [0.15, 0.2) is 12.1 Å². The molecule has 2 nitrogen and oxygen atoms in total. The maximum absolute atomic E-state index is 13.3. The van der Waals surface area contributed by atoms with E-state index >= 15 is 0 Å². The van der Waals surface area contributed by atoms with Crippen molar-refractivity contribution >= 4 is 5.69 Å². The molecule has 0 amide bonds. The van der Waals surface area contributed by atoms with Crippen LogP contribution in [0.2, 0.25) is 0 Å². The first-order valence-corrected chi connectivity index (χ1v) is 3.71. The minimum atomic E-state index is -0.302. The van der Waals surface area contributed by atoms with Crippen molar-refractivity contribution in [3.8, 4) is 5.75 Å². The van der Waals surface area contributed by atoms with Crippen molar-refractivity contribution in [1.82, 2.24) is 0 Å². The second kappa shape index (κ2) is 3.43. The second-order valence-corrected chi connectivity index (χ2v) is 2.53. The Kier molecular flexibility index (Phi) is 2.53. The van der Waals surface area contributed by atoms with Crippen molar-refractivity contribution in [2.45, 2.75) is 6.92 Å². The molecule has 0 aliphatic rings. The Morgan fingerprint density at radius 2 is 2.08 bits per heavy atom. The average molecular weight is 169 g/mol. The van der Waals surface area contributed by atoms with E-state index in [0.29, 0.717) is 11.3 Å². The van der Waals surface area contributed by atoms with Crippen LogP contribution in [0.3, 0.4) is 0 Å². The molecule has 0 bridgehead atoms. The number of hydrogen-bond acceptors (Lipinski definition) is 2. The van der Waals surface area contributed by atoms with Gasteiger partial charge >= 0.3 is 0 Å². The van der Waals surface area contributed by atoms with Gasteiger partial charge in [-0.2, -0.15) is 0 Å². The Balaban J connectivity index is 3.25. The molecule has 0 aliphatic carbocycles. The third-order valence-electron chi connectivity index (χ3n) is 1.76. The summed E-state index contributed by atoms with van der Waals surface area (Å²) in [4.78, 5) is 0. The highest BCUT2D eigenvalue weighted by Gasteiger charge is 2.09. The van der Waals surface area contributed by atoms with E-state index in [9.17, 15) is 4.39 Å². The van der Waals surface area contributed by atoms with E-state index in [1.807, 2.05) is 0 Å². The van der Waals surface area contributed by atoms with Gasteiger partial charge in [0.05, 0.1) is 12.8 Å². The predicted molar refractivity (Wildman–Crippen MR) is 47.2 cm³/mol. The molecule has 0 saturated carbocycles. The van der Waals surface area contributed by atoms with Crippen molar-refractivity contribution in [2.75, 3.05) is 19.5 Å². The fraction of sp³-hybridized carbons (Fsp3) is 0.333. The summed E-state index contributed by atoms with van der Waals surface area (Å²) in [7, 11) is 3.19. The largest absolute Gasteiger partial charge is 0.492 e. The zero-order chi connectivity index (χ0) is 9.14. The molecule has 0 fully saturated rings. The monoisotopic (exact) mass is 169 g/mol. The first kappa shape index (κ1) is 8.84. The van der Waals surface area contributed by atoms with E-state index in [-0.39, 0.29) is 11.6 Å². The highest BCUT2D eigenvalue weighted by molar-refractivity contribution is 5.58. The van der Waals surface area contributed by atoms with Crippen LogP contribution in [0.4, 0.5) is 10.1 Å². The first-order chi connectivity index (χ1) is 5.70. The summed E-state index contributed by atoms with van der Waals surface area (Å²) in [6.45, 7) is 1.71. The zero-order valence-electron chi connectivity index (χ0n) is 7.44. The highest BCUT2D eigenvalue weighted by atomic mass is 19.1. The number of halogens is 1. The quantitative estimate of drug-likeness (QED) is 0.732. The lowest BCUT2D eigenvalue weighted by Gasteiger charge is -2.09. The number of benzene rings is 1. The molecule has 66 valence electrons. The van der Waals surface area contributed by atoms with Crippen molar-refractivity contribution in [3.63, 3.8) is 0 Å². The molecule has 0 aromatic heterocycles. The second-order valence-electron chi connectivity index (χ2n) is 2.53. The van der Waals surface area contributed by atoms with Gasteiger partial charge in [0.15, 0.2) is 11.6 Å². The number of nitrogens with one attached hydrogen (secondary N) is 1. The van der Waals surface area contributed by atoms with E-state index < -0.39 is 0 Å². The number of aryl methyl sites for hydroxylation is 1.